The maximum Gasteiger partial charge on any atom is 0.303 e. The molecule has 170 valence electrons. The molecule has 0 spiro atoms. The van der Waals surface area contributed by atoms with Gasteiger partial charge in [-0.2, -0.15) is 0 Å². The minimum atomic E-state index is -0.528. The zero-order valence-corrected chi connectivity index (χ0v) is 18.3. The molecule has 1 saturated carbocycles. The van der Waals surface area contributed by atoms with Gasteiger partial charge in [0.2, 0.25) is 0 Å². The van der Waals surface area contributed by atoms with Crippen LogP contribution in [0.25, 0.3) is 0 Å². The predicted molar refractivity (Wildman–Crippen MR) is 119 cm³/mol. The summed E-state index contributed by atoms with van der Waals surface area (Å²) >= 11 is 0. The fourth-order valence-corrected chi connectivity index (χ4v) is 3.68. The normalized spacial score (nSPS) is 13.4. The van der Waals surface area contributed by atoms with E-state index in [1.165, 1.54) is 19.1 Å². The van der Waals surface area contributed by atoms with Gasteiger partial charge in [0.25, 0.3) is 11.8 Å². The predicted octanol–water partition coefficient (Wildman–Crippen LogP) is 3.14. The van der Waals surface area contributed by atoms with E-state index in [0.29, 0.717) is 23.6 Å². The Morgan fingerprint density at radius 2 is 1.91 bits per heavy atom. The summed E-state index contributed by atoms with van der Waals surface area (Å²) in [5.74, 6) is -0.826. The molecule has 1 fully saturated rings. The van der Waals surface area contributed by atoms with Crippen molar-refractivity contribution in [2.45, 2.75) is 45.2 Å². The molecule has 3 rings (SSSR count). The Morgan fingerprint density at radius 1 is 1.16 bits per heavy atom. The molecule has 1 aromatic heterocycles. The number of hydrogen-bond acceptors (Lipinski definition) is 7. The van der Waals surface area contributed by atoms with Gasteiger partial charge in [-0.25, -0.2) is 10.0 Å². The number of amides is 2. The molecule has 0 radical (unpaired) electrons. The van der Waals surface area contributed by atoms with Gasteiger partial charge in [-0.05, 0) is 42.7 Å². The van der Waals surface area contributed by atoms with Crippen LogP contribution in [-0.4, -0.2) is 47.6 Å². The fraction of sp³-hybridized carbons (Fsp3) is 0.391. The summed E-state index contributed by atoms with van der Waals surface area (Å²) < 4.78 is 4.68. The Hall–Kier alpha value is -3.46. The van der Waals surface area contributed by atoms with Gasteiger partial charge in [0.1, 0.15) is 5.82 Å². The van der Waals surface area contributed by atoms with E-state index in [-0.39, 0.29) is 18.6 Å². The molecule has 9 nitrogen and oxygen atoms in total. The van der Waals surface area contributed by atoms with Gasteiger partial charge in [-0.3, -0.25) is 19.2 Å². The number of nitrogens with one attached hydrogen (secondary N) is 2. The quantitative estimate of drug-likeness (QED) is 0.455. The molecule has 0 saturated heterocycles. The van der Waals surface area contributed by atoms with Gasteiger partial charge >= 0.3 is 5.97 Å². The second kappa shape index (κ2) is 11.2. The monoisotopic (exact) mass is 440 g/mol. The number of benzene rings is 1. The van der Waals surface area contributed by atoms with Crippen molar-refractivity contribution in [3.8, 4) is 0 Å². The number of rotatable bonds is 9. The maximum absolute atomic E-state index is 13.1. The summed E-state index contributed by atoms with van der Waals surface area (Å²) in [5.41, 5.74) is 2.07. The molecule has 0 aliphatic heterocycles. The first kappa shape index (κ1) is 23.2. The van der Waals surface area contributed by atoms with Crippen LogP contribution in [0.3, 0.4) is 0 Å². The molecule has 1 aliphatic rings. The van der Waals surface area contributed by atoms with Gasteiger partial charge in [0, 0.05) is 25.4 Å². The van der Waals surface area contributed by atoms with Crippen molar-refractivity contribution in [2.75, 3.05) is 24.4 Å². The van der Waals surface area contributed by atoms with Crippen LogP contribution in [0.1, 0.15) is 48.5 Å². The summed E-state index contributed by atoms with van der Waals surface area (Å²) in [6.07, 6.45) is 5.65. The van der Waals surface area contributed by atoms with Crippen molar-refractivity contribution in [1.82, 2.24) is 10.0 Å². The molecule has 0 atom stereocenters. The van der Waals surface area contributed by atoms with E-state index in [9.17, 15) is 14.4 Å². The molecule has 1 heterocycles. The van der Waals surface area contributed by atoms with Crippen LogP contribution in [0.2, 0.25) is 0 Å². The summed E-state index contributed by atoms with van der Waals surface area (Å²) in [7, 11) is 1.53. The van der Waals surface area contributed by atoms with Gasteiger partial charge in [0.15, 0.2) is 6.61 Å². The van der Waals surface area contributed by atoms with Crippen LogP contribution < -0.4 is 10.6 Å². The lowest BCUT2D eigenvalue weighted by Gasteiger charge is -2.27. The van der Waals surface area contributed by atoms with E-state index < -0.39 is 11.9 Å². The lowest BCUT2D eigenvalue weighted by atomic mass is 10.1. The number of ether oxygens (including phenoxy) is 1. The van der Waals surface area contributed by atoms with E-state index in [1.54, 1.807) is 24.4 Å². The third-order valence-electron chi connectivity index (χ3n) is 5.19. The molecule has 32 heavy (non-hydrogen) atoms. The van der Waals surface area contributed by atoms with Crippen LogP contribution in [0.5, 0.6) is 0 Å². The fourth-order valence-electron chi connectivity index (χ4n) is 3.68. The second-order valence-electron chi connectivity index (χ2n) is 7.53. The van der Waals surface area contributed by atoms with Crippen LogP contribution in [0, 0.1) is 0 Å². The number of hydrogen-bond donors (Lipinski definition) is 2. The highest BCUT2D eigenvalue weighted by molar-refractivity contribution is 5.99. The minimum absolute atomic E-state index is 0.0962. The van der Waals surface area contributed by atoms with E-state index in [2.05, 4.69) is 20.4 Å². The van der Waals surface area contributed by atoms with E-state index in [4.69, 9.17) is 4.84 Å². The number of para-hydroxylation sites is 1. The summed E-state index contributed by atoms with van der Waals surface area (Å²) in [6.45, 7) is 1.28. The van der Waals surface area contributed by atoms with Gasteiger partial charge in [0.05, 0.1) is 18.7 Å². The molecule has 9 heteroatoms. The summed E-state index contributed by atoms with van der Waals surface area (Å²) in [6, 6.07) is 10.9. The number of hydroxylamine groups is 2. The van der Waals surface area contributed by atoms with Crippen molar-refractivity contribution in [3.05, 3.63) is 53.7 Å². The van der Waals surface area contributed by atoms with Crippen molar-refractivity contribution in [2.24, 2.45) is 0 Å². The Labute approximate surface area is 187 Å². The second-order valence-corrected chi connectivity index (χ2v) is 7.53. The largest absolute Gasteiger partial charge is 0.456 e. The number of aromatic nitrogens is 1. The Morgan fingerprint density at radius 3 is 2.62 bits per heavy atom. The lowest BCUT2D eigenvalue weighted by Crippen LogP contribution is -2.38. The standard InChI is InChI=1S/C23H28N4O5/c1-16(28)32-15-22(29)26-21-13-17(11-12-24-21)14-25-20-10-6-5-9-19(20)23(30)27(31-2)18-7-3-4-8-18/h5-6,9-13,18,25H,3-4,7-8,14-15H2,1-2H3,(H,24,26,29). The topological polar surface area (TPSA) is 110 Å². The van der Waals surface area contributed by atoms with Crippen LogP contribution in [0.4, 0.5) is 11.5 Å². The van der Waals surface area contributed by atoms with Gasteiger partial charge < -0.3 is 15.4 Å². The number of carbonyl (C=O) groups is 3. The summed E-state index contributed by atoms with van der Waals surface area (Å²) in [4.78, 5) is 45.3. The number of nitrogens with zero attached hydrogens (tertiary/aromatic N) is 2. The Balaban J connectivity index is 1.65. The molecular weight excluding hydrogens is 412 g/mol. The first-order valence-corrected chi connectivity index (χ1v) is 10.6. The van der Waals surface area contributed by atoms with Crippen LogP contribution in [-0.2, 0) is 25.7 Å². The molecule has 2 aromatic rings. The minimum Gasteiger partial charge on any atom is -0.456 e. The lowest BCUT2D eigenvalue weighted by molar-refractivity contribution is -0.144. The smallest absolute Gasteiger partial charge is 0.303 e. The SMILES string of the molecule is CON(C(=O)c1ccccc1NCc1ccnc(NC(=O)COC(C)=O)c1)C1CCCC1. The van der Waals surface area contributed by atoms with Gasteiger partial charge in [-0.1, -0.05) is 25.0 Å². The number of anilines is 2. The van der Waals surface area contributed by atoms with E-state index >= 15 is 0 Å². The molecule has 1 aromatic carbocycles. The van der Waals surface area contributed by atoms with E-state index in [1.807, 2.05) is 18.2 Å². The molecule has 0 bridgehead atoms. The molecule has 2 amide bonds. The van der Waals surface area contributed by atoms with Crippen molar-refractivity contribution in [1.29, 1.82) is 0 Å². The zero-order valence-electron chi connectivity index (χ0n) is 18.3. The molecular formula is C23H28N4O5. The highest BCUT2D eigenvalue weighted by atomic mass is 16.7. The highest BCUT2D eigenvalue weighted by Crippen LogP contribution is 2.27. The number of pyridine rings is 1. The Kier molecular flexibility index (Phi) is 8.15. The highest BCUT2D eigenvalue weighted by Gasteiger charge is 2.29. The first-order valence-electron chi connectivity index (χ1n) is 10.6. The average molecular weight is 441 g/mol. The molecule has 1 aliphatic carbocycles. The van der Waals surface area contributed by atoms with E-state index in [0.717, 1.165) is 31.2 Å². The molecule has 2 N–H and O–H groups in total. The molecule has 0 unspecified atom stereocenters. The maximum atomic E-state index is 13.1. The van der Waals surface area contributed by atoms with Crippen LogP contribution >= 0.6 is 0 Å². The third-order valence-corrected chi connectivity index (χ3v) is 5.19. The van der Waals surface area contributed by atoms with Crippen LogP contribution in [0.15, 0.2) is 42.6 Å². The summed E-state index contributed by atoms with van der Waals surface area (Å²) in [5, 5.41) is 7.36. The zero-order chi connectivity index (χ0) is 22.9. The van der Waals surface area contributed by atoms with Crippen molar-refractivity contribution < 1.29 is 24.0 Å². The van der Waals surface area contributed by atoms with Crippen molar-refractivity contribution in [3.63, 3.8) is 0 Å². The number of carbonyl (C=O) groups excluding carboxylic acids is 3. The first-order chi connectivity index (χ1) is 15.5. The number of esters is 1. The third kappa shape index (κ3) is 6.27. The van der Waals surface area contributed by atoms with Crippen molar-refractivity contribution >= 4 is 29.3 Å². The average Bonchev–Trinajstić information content (AvgIpc) is 3.32. The Bertz CT molecular complexity index is 959. The van der Waals surface area contributed by atoms with Gasteiger partial charge in [-0.15, -0.1) is 0 Å².